The van der Waals surface area contributed by atoms with Crippen molar-refractivity contribution in [2.45, 2.75) is 18.5 Å². The number of amidine groups is 1. The maximum atomic E-state index is 11.1. The number of aliphatic imine (C=N–C) groups is 1. The van der Waals surface area contributed by atoms with E-state index in [1.165, 1.54) is 0 Å². The van der Waals surface area contributed by atoms with Gasteiger partial charge in [-0.25, -0.2) is 4.99 Å². The molecule has 1 unspecified atom stereocenters. The summed E-state index contributed by atoms with van der Waals surface area (Å²) in [7, 11) is 1.61. The molecule has 0 aromatic heterocycles. The van der Waals surface area contributed by atoms with Crippen molar-refractivity contribution < 1.29 is 9.53 Å². The van der Waals surface area contributed by atoms with Gasteiger partial charge in [0, 0.05) is 29.5 Å². The largest absolute Gasteiger partial charge is 0.497 e. The van der Waals surface area contributed by atoms with E-state index in [0.29, 0.717) is 17.8 Å². The van der Waals surface area contributed by atoms with Crippen LogP contribution in [0.15, 0.2) is 63.8 Å². The topological polar surface area (TPSA) is 87.2 Å². The van der Waals surface area contributed by atoms with Crippen LogP contribution in [0.25, 0.3) is 0 Å². The van der Waals surface area contributed by atoms with Crippen molar-refractivity contribution in [3.8, 4) is 11.8 Å². The van der Waals surface area contributed by atoms with E-state index in [4.69, 9.17) is 15.0 Å². The number of azo groups is 1. The van der Waals surface area contributed by atoms with Crippen molar-refractivity contribution in [1.82, 2.24) is 0 Å². The van der Waals surface area contributed by atoms with Gasteiger partial charge >= 0.3 is 0 Å². The number of hydrogen-bond donors (Lipinski definition) is 0. The van der Waals surface area contributed by atoms with Crippen molar-refractivity contribution >= 4 is 12.1 Å². The lowest BCUT2D eigenvalue weighted by Gasteiger charge is -2.21. The van der Waals surface area contributed by atoms with E-state index >= 15 is 0 Å². The number of carbonyl (C=O) groups excluding carboxylic acids is 1. The first-order chi connectivity index (χ1) is 12.2. The van der Waals surface area contributed by atoms with Gasteiger partial charge in [-0.15, -0.1) is 5.11 Å². The van der Waals surface area contributed by atoms with E-state index in [1.54, 1.807) is 25.3 Å². The molecule has 0 amide bonds. The average Bonchev–Trinajstić information content (AvgIpc) is 3.12. The summed E-state index contributed by atoms with van der Waals surface area (Å²) >= 11 is 0. The summed E-state index contributed by atoms with van der Waals surface area (Å²) in [5, 5.41) is 17.6. The molecule has 0 aliphatic carbocycles. The van der Waals surface area contributed by atoms with Gasteiger partial charge in [0.2, 0.25) is 0 Å². The number of ether oxygens (including phenoxy) is 1. The quantitative estimate of drug-likeness (QED) is 0.752. The Morgan fingerprint density at radius 2 is 2.04 bits per heavy atom. The molecule has 2 aromatic carbocycles. The van der Waals surface area contributed by atoms with Crippen molar-refractivity contribution in [1.29, 1.82) is 5.26 Å². The SMILES string of the molecule is COc1ccc(C2=NC(CCC#N)(c3cccc(C=O)c3)N=N2)cc1. The first kappa shape index (κ1) is 16.5. The first-order valence-corrected chi connectivity index (χ1v) is 7.80. The third-order valence-corrected chi connectivity index (χ3v) is 4.02. The fourth-order valence-corrected chi connectivity index (χ4v) is 2.68. The molecule has 1 aliphatic rings. The van der Waals surface area contributed by atoms with Crippen LogP contribution in [-0.4, -0.2) is 19.2 Å². The second-order valence-corrected chi connectivity index (χ2v) is 5.58. The number of aldehydes is 1. The fraction of sp³-hybridized carbons (Fsp3) is 0.211. The Kier molecular flexibility index (Phi) is 4.66. The summed E-state index contributed by atoms with van der Waals surface area (Å²) in [5.41, 5.74) is 1.14. The summed E-state index contributed by atoms with van der Waals surface area (Å²) in [6.07, 6.45) is 1.46. The maximum Gasteiger partial charge on any atom is 0.199 e. The van der Waals surface area contributed by atoms with Gasteiger partial charge in [0.05, 0.1) is 13.2 Å². The highest BCUT2D eigenvalue weighted by molar-refractivity contribution is 6.00. The molecule has 6 nitrogen and oxygen atoms in total. The highest BCUT2D eigenvalue weighted by Gasteiger charge is 2.36. The second kappa shape index (κ2) is 7.05. The maximum absolute atomic E-state index is 11.1. The van der Waals surface area contributed by atoms with Crippen molar-refractivity contribution in [3.63, 3.8) is 0 Å². The monoisotopic (exact) mass is 332 g/mol. The molecule has 1 heterocycles. The molecule has 0 saturated heterocycles. The fourth-order valence-electron chi connectivity index (χ4n) is 2.68. The van der Waals surface area contributed by atoms with Crippen LogP contribution in [0.2, 0.25) is 0 Å². The molecule has 1 aliphatic heterocycles. The lowest BCUT2D eigenvalue weighted by molar-refractivity contribution is 0.112. The van der Waals surface area contributed by atoms with Crippen LogP contribution < -0.4 is 4.74 Å². The molecule has 3 rings (SSSR count). The van der Waals surface area contributed by atoms with Crippen molar-refractivity contribution in [2.75, 3.05) is 7.11 Å². The van der Waals surface area contributed by atoms with Crippen LogP contribution in [-0.2, 0) is 5.66 Å². The summed E-state index contributed by atoms with van der Waals surface area (Å²) in [6, 6.07) is 16.6. The minimum Gasteiger partial charge on any atom is -0.497 e. The van der Waals surface area contributed by atoms with Gasteiger partial charge in [0.1, 0.15) is 12.0 Å². The predicted octanol–water partition coefficient (Wildman–Crippen LogP) is 3.88. The highest BCUT2D eigenvalue weighted by Crippen LogP contribution is 2.38. The van der Waals surface area contributed by atoms with Crippen LogP contribution in [0, 0.1) is 11.3 Å². The number of methoxy groups -OCH3 is 1. The number of carbonyl (C=O) groups is 1. The molecule has 1 atom stereocenters. The molecular formula is C19H16N4O2. The molecule has 25 heavy (non-hydrogen) atoms. The molecule has 6 heteroatoms. The van der Waals surface area contributed by atoms with Gasteiger partial charge in [-0.1, -0.05) is 18.2 Å². The van der Waals surface area contributed by atoms with E-state index in [1.807, 2.05) is 30.3 Å². The Morgan fingerprint density at radius 3 is 2.72 bits per heavy atom. The number of rotatable bonds is 6. The first-order valence-electron chi connectivity index (χ1n) is 7.80. The van der Waals surface area contributed by atoms with Gasteiger partial charge in [-0.3, -0.25) is 4.79 Å². The smallest absolute Gasteiger partial charge is 0.199 e. The molecular weight excluding hydrogens is 316 g/mol. The highest BCUT2D eigenvalue weighted by atomic mass is 16.5. The molecule has 0 saturated carbocycles. The zero-order valence-corrected chi connectivity index (χ0v) is 13.7. The zero-order valence-electron chi connectivity index (χ0n) is 13.7. The van der Waals surface area contributed by atoms with Gasteiger partial charge in [-0.2, -0.15) is 10.4 Å². The lowest BCUT2D eigenvalue weighted by Crippen LogP contribution is -2.19. The van der Waals surface area contributed by atoms with E-state index in [0.717, 1.165) is 23.2 Å². The Morgan fingerprint density at radius 1 is 1.24 bits per heavy atom. The van der Waals surface area contributed by atoms with E-state index in [9.17, 15) is 4.79 Å². The van der Waals surface area contributed by atoms with Crippen molar-refractivity contribution in [3.05, 3.63) is 65.2 Å². The number of nitrogens with zero attached hydrogens (tertiary/aromatic N) is 4. The van der Waals surface area contributed by atoms with Crippen LogP contribution in [0.4, 0.5) is 0 Å². The van der Waals surface area contributed by atoms with Gasteiger partial charge in [-0.05, 0) is 30.3 Å². The van der Waals surface area contributed by atoms with Gasteiger partial charge < -0.3 is 4.74 Å². The standard InChI is InChI=1S/C19H16N4O2/c1-25-17-8-6-15(7-9-17)18-21-19(23-22-18,10-3-11-20)16-5-2-4-14(12-16)13-24/h2,4-9,12-13H,3,10H2,1H3. The second-order valence-electron chi connectivity index (χ2n) is 5.58. The molecule has 2 aromatic rings. The van der Waals surface area contributed by atoms with Crippen molar-refractivity contribution in [2.24, 2.45) is 15.2 Å². The molecule has 0 N–H and O–H groups in total. The minimum atomic E-state index is -0.968. The van der Waals surface area contributed by atoms with Gasteiger partial charge in [0.15, 0.2) is 11.5 Å². The van der Waals surface area contributed by atoms with Crippen LogP contribution in [0.5, 0.6) is 5.75 Å². The normalized spacial score (nSPS) is 18.5. The summed E-state index contributed by atoms with van der Waals surface area (Å²) in [6.45, 7) is 0. The summed E-state index contributed by atoms with van der Waals surface area (Å²) in [5.74, 6) is 1.24. The molecule has 0 radical (unpaired) electrons. The Bertz CT molecular complexity index is 881. The zero-order chi connectivity index (χ0) is 17.7. The average molecular weight is 332 g/mol. The molecule has 0 bridgehead atoms. The number of hydrogen-bond acceptors (Lipinski definition) is 6. The summed E-state index contributed by atoms with van der Waals surface area (Å²) in [4.78, 5) is 15.8. The predicted molar refractivity (Wildman–Crippen MR) is 92.7 cm³/mol. The third-order valence-electron chi connectivity index (χ3n) is 4.02. The minimum absolute atomic E-state index is 0.281. The number of benzene rings is 2. The van der Waals surface area contributed by atoms with Crippen LogP contribution >= 0.6 is 0 Å². The van der Waals surface area contributed by atoms with E-state index in [2.05, 4.69) is 16.3 Å². The number of nitriles is 1. The van der Waals surface area contributed by atoms with Gasteiger partial charge in [0.25, 0.3) is 0 Å². The Balaban J connectivity index is 2.01. The lowest BCUT2D eigenvalue weighted by atomic mass is 9.94. The third kappa shape index (κ3) is 3.31. The van der Waals surface area contributed by atoms with E-state index < -0.39 is 5.66 Å². The van der Waals surface area contributed by atoms with E-state index in [-0.39, 0.29) is 6.42 Å². The Labute approximate surface area is 145 Å². The molecule has 124 valence electrons. The Hall–Kier alpha value is -3.33. The molecule has 0 spiro atoms. The molecule has 0 fully saturated rings. The summed E-state index contributed by atoms with van der Waals surface area (Å²) < 4.78 is 5.16. The van der Waals surface area contributed by atoms with Crippen LogP contribution in [0.3, 0.4) is 0 Å². The van der Waals surface area contributed by atoms with Crippen LogP contribution in [0.1, 0.15) is 34.3 Å².